The number of carbonyl (C=O) groups is 1. The van der Waals surface area contributed by atoms with Gasteiger partial charge in [0.05, 0.1) is 0 Å². The Morgan fingerprint density at radius 1 is 1.38 bits per heavy atom. The highest BCUT2D eigenvalue weighted by molar-refractivity contribution is 5.76. The number of nitrogens with one attached hydrogen (secondary N) is 1. The van der Waals surface area contributed by atoms with Crippen LogP contribution in [0.3, 0.4) is 0 Å². The summed E-state index contributed by atoms with van der Waals surface area (Å²) in [5, 5.41) is 3.07. The predicted octanol–water partition coefficient (Wildman–Crippen LogP) is 1.24. The molecule has 78 valence electrons. The quantitative estimate of drug-likeness (QED) is 0.633. The Morgan fingerprint density at radius 3 is 2.46 bits per heavy atom. The Balaban J connectivity index is 3.50. The summed E-state index contributed by atoms with van der Waals surface area (Å²) in [7, 11) is 3.80. The second-order valence-electron chi connectivity index (χ2n) is 3.66. The van der Waals surface area contributed by atoms with Gasteiger partial charge in [-0.05, 0) is 40.3 Å². The first-order chi connectivity index (χ1) is 6.09. The van der Waals surface area contributed by atoms with Gasteiger partial charge in [-0.25, -0.2) is 0 Å². The van der Waals surface area contributed by atoms with Gasteiger partial charge in [-0.1, -0.05) is 0 Å². The number of nitrogens with zero attached hydrogens (tertiary/aromatic N) is 1. The number of hydrogen-bond donors (Lipinski definition) is 1. The minimum Gasteiger partial charge on any atom is -0.343 e. The van der Waals surface area contributed by atoms with Crippen molar-refractivity contribution in [2.75, 3.05) is 20.6 Å². The largest absolute Gasteiger partial charge is 0.343 e. The van der Waals surface area contributed by atoms with Gasteiger partial charge in [-0.15, -0.1) is 0 Å². The van der Waals surface area contributed by atoms with E-state index in [0.717, 1.165) is 19.4 Å². The van der Waals surface area contributed by atoms with Crippen molar-refractivity contribution in [3.8, 4) is 0 Å². The van der Waals surface area contributed by atoms with E-state index in [4.69, 9.17) is 0 Å². The van der Waals surface area contributed by atoms with Crippen molar-refractivity contribution >= 4 is 5.91 Å². The number of rotatable bonds is 6. The highest BCUT2D eigenvalue weighted by atomic mass is 16.2. The van der Waals surface area contributed by atoms with Gasteiger partial charge in [0.15, 0.2) is 0 Å². The van der Waals surface area contributed by atoms with E-state index in [1.165, 1.54) is 0 Å². The maximum atomic E-state index is 11.5. The van der Waals surface area contributed by atoms with E-state index < -0.39 is 0 Å². The molecule has 0 aliphatic carbocycles. The van der Waals surface area contributed by atoms with E-state index >= 15 is 0 Å². The number of hydrogen-bond acceptors (Lipinski definition) is 2. The molecule has 0 aliphatic heterocycles. The Kier molecular flexibility index (Phi) is 6.59. The Morgan fingerprint density at radius 2 is 2.00 bits per heavy atom. The zero-order chi connectivity index (χ0) is 10.3. The molecule has 3 nitrogen and oxygen atoms in total. The Hall–Kier alpha value is -0.570. The van der Waals surface area contributed by atoms with Gasteiger partial charge in [-0.3, -0.25) is 4.79 Å². The smallest absolute Gasteiger partial charge is 0.222 e. The molecule has 0 aromatic carbocycles. The fourth-order valence-corrected chi connectivity index (χ4v) is 1.04. The fourth-order valence-electron chi connectivity index (χ4n) is 1.04. The van der Waals surface area contributed by atoms with Gasteiger partial charge < -0.3 is 10.2 Å². The summed E-state index contributed by atoms with van der Waals surface area (Å²) < 4.78 is 0. The molecule has 0 spiro atoms. The molecule has 0 radical (unpaired) electrons. The van der Waals surface area contributed by atoms with E-state index in [1.54, 1.807) is 4.90 Å². The Bertz CT molecular complexity index is 146. The molecule has 0 saturated carbocycles. The molecule has 0 heterocycles. The van der Waals surface area contributed by atoms with Crippen LogP contribution in [0.1, 0.15) is 33.1 Å². The van der Waals surface area contributed by atoms with Crippen LogP contribution in [-0.2, 0) is 4.79 Å². The van der Waals surface area contributed by atoms with Crippen LogP contribution in [-0.4, -0.2) is 37.5 Å². The third kappa shape index (κ3) is 5.64. The summed E-state index contributed by atoms with van der Waals surface area (Å²) >= 11 is 0. The second kappa shape index (κ2) is 6.89. The van der Waals surface area contributed by atoms with Crippen LogP contribution in [0.25, 0.3) is 0 Å². The van der Waals surface area contributed by atoms with E-state index in [1.807, 2.05) is 27.9 Å². The molecule has 0 aliphatic rings. The minimum absolute atomic E-state index is 0.256. The average Bonchev–Trinajstić information content (AvgIpc) is 2.10. The molecule has 0 unspecified atom stereocenters. The van der Waals surface area contributed by atoms with E-state index in [-0.39, 0.29) is 5.91 Å². The van der Waals surface area contributed by atoms with Crippen LogP contribution < -0.4 is 5.32 Å². The highest BCUT2D eigenvalue weighted by Gasteiger charge is 2.10. The highest BCUT2D eigenvalue weighted by Crippen LogP contribution is 2.02. The molecule has 13 heavy (non-hydrogen) atoms. The van der Waals surface area contributed by atoms with Gasteiger partial charge >= 0.3 is 0 Å². The molecule has 0 aromatic heterocycles. The van der Waals surface area contributed by atoms with Gasteiger partial charge in [0.2, 0.25) is 5.91 Å². The molecule has 3 heteroatoms. The van der Waals surface area contributed by atoms with Crippen molar-refractivity contribution in [3.05, 3.63) is 0 Å². The molecule has 0 aromatic rings. The normalized spacial score (nSPS) is 10.5. The molecular weight excluding hydrogens is 164 g/mol. The maximum Gasteiger partial charge on any atom is 0.222 e. The molecule has 0 fully saturated rings. The molecule has 0 bridgehead atoms. The molecule has 0 rings (SSSR count). The topological polar surface area (TPSA) is 32.3 Å². The number of carbonyl (C=O) groups excluding carboxylic acids is 1. The summed E-state index contributed by atoms with van der Waals surface area (Å²) in [4.78, 5) is 13.3. The zero-order valence-electron chi connectivity index (χ0n) is 9.26. The first-order valence-electron chi connectivity index (χ1n) is 4.99. The summed E-state index contributed by atoms with van der Waals surface area (Å²) in [5.74, 6) is 0.256. The minimum atomic E-state index is 0.256. The third-order valence-corrected chi connectivity index (χ3v) is 2.24. The fraction of sp³-hybridized carbons (Fsp3) is 0.900. The predicted molar refractivity (Wildman–Crippen MR) is 55.7 cm³/mol. The van der Waals surface area contributed by atoms with Crippen molar-refractivity contribution < 1.29 is 4.79 Å². The van der Waals surface area contributed by atoms with Gasteiger partial charge in [-0.2, -0.15) is 0 Å². The summed E-state index contributed by atoms with van der Waals surface area (Å²) in [6.45, 7) is 5.07. The molecule has 1 N–H and O–H groups in total. The molecular formula is C10H22N2O. The lowest BCUT2D eigenvalue weighted by molar-refractivity contribution is -0.131. The van der Waals surface area contributed by atoms with E-state index in [2.05, 4.69) is 5.32 Å². The molecule has 0 atom stereocenters. The van der Waals surface area contributed by atoms with Crippen LogP contribution >= 0.6 is 0 Å². The standard InChI is InChI=1S/C10H22N2O/c1-9(2)12(4)10(13)7-5-6-8-11-3/h9,11H,5-8H2,1-4H3. The van der Waals surface area contributed by atoms with Crippen molar-refractivity contribution in [2.45, 2.75) is 39.2 Å². The van der Waals surface area contributed by atoms with E-state index in [0.29, 0.717) is 12.5 Å². The summed E-state index contributed by atoms with van der Waals surface area (Å²) in [5.41, 5.74) is 0. The van der Waals surface area contributed by atoms with Gasteiger partial charge in [0.1, 0.15) is 0 Å². The summed E-state index contributed by atoms with van der Waals surface area (Å²) in [6, 6.07) is 0.316. The van der Waals surface area contributed by atoms with Crippen molar-refractivity contribution in [1.82, 2.24) is 10.2 Å². The van der Waals surface area contributed by atoms with Crippen LogP contribution in [0.4, 0.5) is 0 Å². The second-order valence-corrected chi connectivity index (χ2v) is 3.66. The Labute approximate surface area is 81.5 Å². The van der Waals surface area contributed by atoms with Crippen molar-refractivity contribution in [2.24, 2.45) is 0 Å². The van der Waals surface area contributed by atoms with Crippen molar-refractivity contribution in [3.63, 3.8) is 0 Å². The lowest BCUT2D eigenvalue weighted by Gasteiger charge is -2.21. The summed E-state index contributed by atoms with van der Waals surface area (Å²) in [6.07, 6.45) is 2.74. The van der Waals surface area contributed by atoms with Gasteiger partial charge in [0.25, 0.3) is 0 Å². The van der Waals surface area contributed by atoms with Crippen molar-refractivity contribution in [1.29, 1.82) is 0 Å². The van der Waals surface area contributed by atoms with Crippen LogP contribution in [0, 0.1) is 0 Å². The maximum absolute atomic E-state index is 11.5. The molecule has 0 saturated heterocycles. The zero-order valence-corrected chi connectivity index (χ0v) is 9.26. The van der Waals surface area contributed by atoms with Crippen LogP contribution in [0.5, 0.6) is 0 Å². The SMILES string of the molecule is CNCCCCC(=O)N(C)C(C)C. The first-order valence-corrected chi connectivity index (χ1v) is 4.99. The average molecular weight is 186 g/mol. The lowest BCUT2D eigenvalue weighted by atomic mass is 10.2. The number of amides is 1. The van der Waals surface area contributed by atoms with E-state index in [9.17, 15) is 4.79 Å². The third-order valence-electron chi connectivity index (χ3n) is 2.24. The molecule has 1 amide bonds. The van der Waals surface area contributed by atoms with Crippen LogP contribution in [0.2, 0.25) is 0 Å². The monoisotopic (exact) mass is 186 g/mol. The lowest BCUT2D eigenvalue weighted by Crippen LogP contribution is -2.32. The number of unbranched alkanes of at least 4 members (excludes halogenated alkanes) is 1. The first kappa shape index (κ1) is 12.4. The van der Waals surface area contributed by atoms with Crippen LogP contribution in [0.15, 0.2) is 0 Å². The van der Waals surface area contributed by atoms with Gasteiger partial charge in [0, 0.05) is 19.5 Å².